The Morgan fingerprint density at radius 2 is 1.78 bits per heavy atom. The first-order valence-corrected chi connectivity index (χ1v) is 10.7. The van der Waals surface area contributed by atoms with Gasteiger partial charge in [-0.1, -0.05) is 37.8 Å². The predicted molar refractivity (Wildman–Crippen MR) is 105 cm³/mol. The van der Waals surface area contributed by atoms with E-state index >= 15 is 0 Å². The van der Waals surface area contributed by atoms with Crippen LogP contribution in [-0.2, 0) is 16.1 Å². The van der Waals surface area contributed by atoms with Crippen molar-refractivity contribution in [2.24, 2.45) is 0 Å². The molecule has 1 aliphatic carbocycles. The molecule has 0 radical (unpaired) electrons. The van der Waals surface area contributed by atoms with Crippen LogP contribution in [-0.4, -0.2) is 53.0 Å². The van der Waals surface area contributed by atoms with Gasteiger partial charge in [0.1, 0.15) is 12.1 Å². The van der Waals surface area contributed by atoms with Crippen LogP contribution in [0.25, 0.3) is 0 Å². The van der Waals surface area contributed by atoms with E-state index in [1.165, 1.54) is 4.90 Å². The summed E-state index contributed by atoms with van der Waals surface area (Å²) in [5, 5.41) is 2.88. The summed E-state index contributed by atoms with van der Waals surface area (Å²) in [6, 6.07) is 7.58. The second-order valence-electron chi connectivity index (χ2n) is 7.42. The van der Waals surface area contributed by atoms with E-state index in [1.807, 2.05) is 30.5 Å². The van der Waals surface area contributed by atoms with E-state index in [0.29, 0.717) is 19.4 Å². The van der Waals surface area contributed by atoms with E-state index in [9.17, 15) is 14.4 Å². The number of likely N-dealkylation sites (N-methyl/N-ethyl adjacent to an activating group) is 1. The molecule has 0 aromatic heterocycles. The highest BCUT2D eigenvalue weighted by atomic mass is 32.2. The Balaban J connectivity index is 1.62. The maximum Gasteiger partial charge on any atom is 0.325 e. The number of urea groups is 1. The highest BCUT2D eigenvalue weighted by Gasteiger charge is 2.51. The Bertz CT molecular complexity index is 712. The molecule has 4 amide bonds. The predicted octanol–water partition coefficient (Wildman–Crippen LogP) is 3.01. The summed E-state index contributed by atoms with van der Waals surface area (Å²) >= 11 is 1.67. The molecule has 1 saturated heterocycles. The number of imide groups is 1. The summed E-state index contributed by atoms with van der Waals surface area (Å²) < 4.78 is 0. The van der Waals surface area contributed by atoms with Crippen molar-refractivity contribution in [2.45, 2.75) is 55.5 Å². The third-order valence-corrected chi connectivity index (χ3v) is 6.24. The minimum Gasteiger partial charge on any atom is -0.340 e. The second-order valence-corrected chi connectivity index (χ2v) is 8.30. The van der Waals surface area contributed by atoms with Crippen LogP contribution in [0.5, 0.6) is 0 Å². The third-order valence-electron chi connectivity index (χ3n) is 5.50. The van der Waals surface area contributed by atoms with Crippen molar-refractivity contribution in [3.63, 3.8) is 0 Å². The van der Waals surface area contributed by atoms with Crippen LogP contribution in [0.15, 0.2) is 29.2 Å². The van der Waals surface area contributed by atoms with Gasteiger partial charge in [-0.2, -0.15) is 0 Å². The Hall–Kier alpha value is -2.02. The van der Waals surface area contributed by atoms with Crippen LogP contribution in [0.1, 0.15) is 44.1 Å². The number of nitrogens with zero attached hydrogens (tertiary/aromatic N) is 2. The Labute approximate surface area is 164 Å². The number of carbonyl (C=O) groups is 3. The summed E-state index contributed by atoms with van der Waals surface area (Å²) in [6.07, 6.45) is 7.38. The lowest BCUT2D eigenvalue weighted by molar-refractivity contribution is -0.138. The first-order valence-electron chi connectivity index (χ1n) is 9.46. The minimum atomic E-state index is -0.792. The second kappa shape index (κ2) is 8.33. The normalized spacial score (nSPS) is 19.1. The molecule has 146 valence electrons. The molecule has 1 aliphatic heterocycles. The van der Waals surface area contributed by atoms with Gasteiger partial charge in [0.05, 0.1) is 0 Å². The molecule has 0 bridgehead atoms. The third kappa shape index (κ3) is 4.29. The van der Waals surface area contributed by atoms with Crippen molar-refractivity contribution < 1.29 is 14.4 Å². The molecule has 1 aromatic rings. The molecule has 0 atom stereocenters. The maximum absolute atomic E-state index is 12.9. The number of rotatable bonds is 5. The van der Waals surface area contributed by atoms with Gasteiger partial charge < -0.3 is 10.2 Å². The van der Waals surface area contributed by atoms with Gasteiger partial charge in [-0.25, -0.2) is 4.79 Å². The maximum atomic E-state index is 12.9. The topological polar surface area (TPSA) is 69.7 Å². The molecule has 1 spiro atoms. The summed E-state index contributed by atoms with van der Waals surface area (Å²) in [5.74, 6) is -0.474. The Kier molecular flexibility index (Phi) is 6.09. The fourth-order valence-corrected chi connectivity index (χ4v) is 4.25. The van der Waals surface area contributed by atoms with Gasteiger partial charge in [0.25, 0.3) is 5.91 Å². The lowest BCUT2D eigenvalue weighted by atomic mass is 9.90. The number of amides is 4. The Morgan fingerprint density at radius 3 is 2.37 bits per heavy atom. The number of thioether (sulfide) groups is 1. The fraction of sp³-hybridized carbons (Fsp3) is 0.550. The van der Waals surface area contributed by atoms with E-state index in [4.69, 9.17) is 0 Å². The lowest BCUT2D eigenvalue weighted by Gasteiger charge is -2.25. The fourth-order valence-electron chi connectivity index (χ4n) is 3.84. The van der Waals surface area contributed by atoms with Gasteiger partial charge in [0, 0.05) is 18.5 Å². The zero-order valence-corrected chi connectivity index (χ0v) is 16.8. The largest absolute Gasteiger partial charge is 0.340 e. The lowest BCUT2D eigenvalue weighted by Crippen LogP contribution is -2.47. The molecule has 2 aliphatic rings. The average molecular weight is 390 g/mol. The van der Waals surface area contributed by atoms with Gasteiger partial charge in [0.15, 0.2) is 0 Å². The van der Waals surface area contributed by atoms with Crippen LogP contribution >= 0.6 is 11.8 Å². The van der Waals surface area contributed by atoms with Crippen molar-refractivity contribution >= 4 is 29.6 Å². The molecule has 27 heavy (non-hydrogen) atoms. The number of hydrogen-bond donors (Lipinski definition) is 1. The smallest absolute Gasteiger partial charge is 0.325 e. The summed E-state index contributed by atoms with van der Waals surface area (Å²) in [6.45, 7) is 0.244. The average Bonchev–Trinajstić information content (AvgIpc) is 2.83. The molecule has 3 rings (SSSR count). The van der Waals surface area contributed by atoms with Crippen molar-refractivity contribution in [2.75, 3.05) is 19.8 Å². The van der Waals surface area contributed by atoms with Gasteiger partial charge in [-0.05, 0) is 36.8 Å². The SMILES string of the molecule is CSc1ccc(CN(C)C(=O)CN2C(=O)NC3(CCCCCC3)C2=O)cc1. The summed E-state index contributed by atoms with van der Waals surface area (Å²) in [4.78, 5) is 41.7. The molecule has 0 unspecified atom stereocenters. The first-order chi connectivity index (χ1) is 12.9. The van der Waals surface area contributed by atoms with Crippen molar-refractivity contribution in [1.29, 1.82) is 0 Å². The molecule has 2 fully saturated rings. The van der Waals surface area contributed by atoms with Crippen LogP contribution in [0.4, 0.5) is 4.79 Å². The standard InChI is InChI=1S/C20H27N3O3S/c1-22(13-15-7-9-16(27-2)10-8-15)17(24)14-23-18(25)20(21-19(23)26)11-5-3-4-6-12-20/h7-10H,3-6,11-14H2,1-2H3,(H,21,26). The molecular formula is C20H27N3O3S. The van der Waals surface area contributed by atoms with E-state index in [-0.39, 0.29) is 18.4 Å². The molecule has 7 heteroatoms. The summed E-state index contributed by atoms with van der Waals surface area (Å²) in [5.41, 5.74) is 0.223. The molecule has 1 heterocycles. The highest BCUT2D eigenvalue weighted by Crippen LogP contribution is 2.32. The first kappa shape index (κ1) is 19.7. The van der Waals surface area contributed by atoms with Gasteiger partial charge in [-0.15, -0.1) is 11.8 Å². The number of carbonyl (C=O) groups excluding carboxylic acids is 3. The molecule has 1 saturated carbocycles. The van der Waals surface area contributed by atoms with Crippen molar-refractivity contribution in [3.8, 4) is 0 Å². The quantitative estimate of drug-likeness (QED) is 0.621. The number of nitrogens with one attached hydrogen (secondary N) is 1. The monoisotopic (exact) mass is 389 g/mol. The van der Waals surface area contributed by atoms with Crippen LogP contribution in [0.3, 0.4) is 0 Å². The van der Waals surface area contributed by atoms with Gasteiger partial charge >= 0.3 is 6.03 Å². The number of benzene rings is 1. The highest BCUT2D eigenvalue weighted by molar-refractivity contribution is 7.98. The van der Waals surface area contributed by atoms with Crippen LogP contribution in [0.2, 0.25) is 0 Å². The molecule has 1 aromatic carbocycles. The van der Waals surface area contributed by atoms with Crippen LogP contribution < -0.4 is 5.32 Å². The van der Waals surface area contributed by atoms with E-state index in [1.54, 1.807) is 23.7 Å². The molecule has 1 N–H and O–H groups in total. The Morgan fingerprint density at radius 1 is 1.15 bits per heavy atom. The van der Waals surface area contributed by atoms with Gasteiger partial charge in [0.2, 0.25) is 5.91 Å². The zero-order chi connectivity index (χ0) is 19.4. The number of hydrogen-bond acceptors (Lipinski definition) is 4. The van der Waals surface area contributed by atoms with Crippen LogP contribution in [0, 0.1) is 0 Å². The van der Waals surface area contributed by atoms with Crippen molar-refractivity contribution in [3.05, 3.63) is 29.8 Å². The molecule has 6 nitrogen and oxygen atoms in total. The van der Waals surface area contributed by atoms with Gasteiger partial charge in [-0.3, -0.25) is 14.5 Å². The van der Waals surface area contributed by atoms with Crippen molar-refractivity contribution in [1.82, 2.24) is 15.1 Å². The summed E-state index contributed by atoms with van der Waals surface area (Å²) in [7, 11) is 1.70. The van der Waals surface area contributed by atoms with E-state index in [0.717, 1.165) is 36.1 Å². The molecular weight excluding hydrogens is 362 g/mol. The minimum absolute atomic E-state index is 0.203. The zero-order valence-electron chi connectivity index (χ0n) is 16.0. The van der Waals surface area contributed by atoms with E-state index < -0.39 is 11.6 Å². The van der Waals surface area contributed by atoms with E-state index in [2.05, 4.69) is 5.32 Å².